The third kappa shape index (κ3) is 10.0. The van der Waals surface area contributed by atoms with E-state index in [0.29, 0.717) is 6.42 Å². The van der Waals surface area contributed by atoms with Crippen LogP contribution < -0.4 is 5.32 Å². The van der Waals surface area contributed by atoms with E-state index in [1.54, 1.807) is 0 Å². The molecule has 0 saturated heterocycles. The van der Waals surface area contributed by atoms with Crippen LogP contribution in [0, 0.1) is 17.4 Å². The molecule has 0 aliphatic heterocycles. The van der Waals surface area contributed by atoms with Gasteiger partial charge in [-0.05, 0) is 18.9 Å². The number of carbonyl (C=O) groups excluding carboxylic acids is 2. The highest BCUT2D eigenvalue weighted by molar-refractivity contribution is 8.14. The van der Waals surface area contributed by atoms with Crippen molar-refractivity contribution in [2.75, 3.05) is 0 Å². The Balaban J connectivity index is 3.00. The fraction of sp³-hybridized carbons (Fsp3) is 0.565. The summed E-state index contributed by atoms with van der Waals surface area (Å²) in [5, 5.41) is 2.87. The van der Waals surface area contributed by atoms with Crippen LogP contribution in [0.25, 0.3) is 0 Å². The zero-order valence-corrected chi connectivity index (χ0v) is 20.8. The first-order valence-electron chi connectivity index (χ1n) is 10.1. The van der Waals surface area contributed by atoms with Gasteiger partial charge in [0.05, 0.1) is 12.0 Å². The normalized spacial score (nSPS) is 14.8. The number of amides is 1. The van der Waals surface area contributed by atoms with Crippen molar-refractivity contribution in [1.82, 2.24) is 5.32 Å². The van der Waals surface area contributed by atoms with Crippen molar-refractivity contribution in [3.63, 3.8) is 0 Å². The van der Waals surface area contributed by atoms with Crippen LogP contribution in [0.4, 0.5) is 4.79 Å². The maximum absolute atomic E-state index is 12.9. The van der Waals surface area contributed by atoms with Gasteiger partial charge in [0.15, 0.2) is 11.2 Å². The summed E-state index contributed by atoms with van der Waals surface area (Å²) in [5.74, 6) is 2.66. The van der Waals surface area contributed by atoms with Crippen molar-refractivity contribution in [3.05, 3.63) is 35.9 Å². The smallest absolute Gasteiger partial charge is 0.408 e. The minimum atomic E-state index is -1.69. The SMILES string of the molecule is CC[C@H](C(=O)SC(C)(C)C)[C@H](C#C[Si](C)(C)C)OC(=O)N[C@@H](C)c1ccccc1. The molecule has 4 nitrogen and oxygen atoms in total. The molecule has 160 valence electrons. The number of carbonyl (C=O) groups is 2. The summed E-state index contributed by atoms with van der Waals surface area (Å²) >= 11 is 1.28. The molecule has 0 fully saturated rings. The molecule has 1 rings (SSSR count). The molecule has 1 aromatic carbocycles. The molecule has 0 heterocycles. The lowest BCUT2D eigenvalue weighted by Gasteiger charge is -2.25. The molecule has 1 aromatic rings. The number of nitrogens with one attached hydrogen (secondary N) is 1. The minimum Gasteiger partial charge on any atom is -0.432 e. The Morgan fingerprint density at radius 3 is 2.24 bits per heavy atom. The Morgan fingerprint density at radius 1 is 1.17 bits per heavy atom. The van der Waals surface area contributed by atoms with Gasteiger partial charge in [-0.1, -0.05) is 95.4 Å². The van der Waals surface area contributed by atoms with Gasteiger partial charge in [0, 0.05) is 4.75 Å². The summed E-state index contributed by atoms with van der Waals surface area (Å²) in [6.07, 6.45) is -0.741. The summed E-state index contributed by atoms with van der Waals surface area (Å²) in [4.78, 5) is 25.5. The molecule has 3 atom stereocenters. The number of hydrogen-bond acceptors (Lipinski definition) is 4. The zero-order valence-electron chi connectivity index (χ0n) is 19.0. The highest BCUT2D eigenvalue weighted by Crippen LogP contribution is 2.30. The number of hydrogen-bond donors (Lipinski definition) is 1. The fourth-order valence-corrected chi connectivity index (χ4v) is 4.15. The van der Waals surface area contributed by atoms with Gasteiger partial charge in [0.2, 0.25) is 0 Å². The lowest BCUT2D eigenvalue weighted by Crippen LogP contribution is -2.37. The van der Waals surface area contributed by atoms with Crippen molar-refractivity contribution < 1.29 is 14.3 Å². The van der Waals surface area contributed by atoms with Crippen LogP contribution in [0.5, 0.6) is 0 Å². The van der Waals surface area contributed by atoms with E-state index in [9.17, 15) is 9.59 Å². The number of rotatable bonds is 6. The topological polar surface area (TPSA) is 55.4 Å². The highest BCUT2D eigenvalue weighted by Gasteiger charge is 2.32. The van der Waals surface area contributed by atoms with Gasteiger partial charge < -0.3 is 10.1 Å². The van der Waals surface area contributed by atoms with E-state index in [-0.39, 0.29) is 15.9 Å². The number of thioether (sulfide) groups is 1. The molecule has 6 heteroatoms. The molecular formula is C23H35NO3SSi. The van der Waals surface area contributed by atoms with Gasteiger partial charge in [-0.25, -0.2) is 4.79 Å². The van der Waals surface area contributed by atoms with Crippen LogP contribution in [0.2, 0.25) is 19.6 Å². The fourth-order valence-electron chi connectivity index (χ4n) is 2.53. The quantitative estimate of drug-likeness (QED) is 0.454. The number of alkyl carbamates (subject to hydrolysis) is 1. The van der Waals surface area contributed by atoms with E-state index in [0.717, 1.165) is 5.56 Å². The molecule has 0 bridgehead atoms. The molecule has 29 heavy (non-hydrogen) atoms. The predicted molar refractivity (Wildman–Crippen MR) is 126 cm³/mol. The van der Waals surface area contributed by atoms with E-state index < -0.39 is 26.2 Å². The molecule has 0 saturated carbocycles. The molecule has 1 N–H and O–H groups in total. The summed E-state index contributed by atoms with van der Waals surface area (Å²) < 4.78 is 5.49. The first kappa shape index (κ1) is 25.3. The molecule has 0 unspecified atom stereocenters. The monoisotopic (exact) mass is 433 g/mol. The standard InChI is InChI=1S/C23H35NO3SSi/c1-9-19(21(25)28-23(3,4)5)20(15-16-29(6,7)8)27-22(26)24-17(2)18-13-11-10-12-14-18/h10-14,17,19-20H,9H2,1-8H3,(H,24,26)/t17-,19-,20-/m0/s1. The van der Waals surface area contributed by atoms with Crippen molar-refractivity contribution in [2.45, 2.75) is 77.6 Å². The van der Waals surface area contributed by atoms with Crippen LogP contribution in [-0.4, -0.2) is 30.1 Å². The van der Waals surface area contributed by atoms with Crippen molar-refractivity contribution in [3.8, 4) is 11.5 Å². The molecule has 0 aliphatic rings. The lowest BCUT2D eigenvalue weighted by molar-refractivity contribution is -0.116. The van der Waals surface area contributed by atoms with E-state index in [1.165, 1.54) is 11.8 Å². The van der Waals surface area contributed by atoms with Gasteiger partial charge in [0.25, 0.3) is 0 Å². The largest absolute Gasteiger partial charge is 0.432 e. The minimum absolute atomic E-state index is 0.0128. The summed E-state index contributed by atoms with van der Waals surface area (Å²) in [5.41, 5.74) is 4.25. The summed E-state index contributed by atoms with van der Waals surface area (Å²) in [6, 6.07) is 9.49. The second-order valence-corrected chi connectivity index (χ2v) is 15.8. The number of ether oxygens (including phenoxy) is 1. The maximum Gasteiger partial charge on any atom is 0.408 e. The van der Waals surface area contributed by atoms with E-state index in [2.05, 4.69) is 36.4 Å². The second kappa shape index (κ2) is 10.9. The van der Waals surface area contributed by atoms with E-state index >= 15 is 0 Å². The Hall–Kier alpha value is -1.71. The predicted octanol–water partition coefficient (Wildman–Crippen LogP) is 5.81. The van der Waals surface area contributed by atoms with Crippen molar-refractivity contribution in [2.24, 2.45) is 5.92 Å². The van der Waals surface area contributed by atoms with Gasteiger partial charge in [-0.3, -0.25) is 4.79 Å². The molecule has 1 amide bonds. The van der Waals surface area contributed by atoms with Crippen LogP contribution in [0.3, 0.4) is 0 Å². The molecular weight excluding hydrogens is 398 g/mol. The van der Waals surface area contributed by atoms with Gasteiger partial charge in [-0.2, -0.15) is 0 Å². The van der Waals surface area contributed by atoms with Crippen LogP contribution in [-0.2, 0) is 9.53 Å². The second-order valence-electron chi connectivity index (χ2n) is 9.17. The molecule has 0 aliphatic carbocycles. The highest BCUT2D eigenvalue weighted by atomic mass is 32.2. The van der Waals surface area contributed by atoms with Crippen molar-refractivity contribution in [1.29, 1.82) is 0 Å². The summed E-state index contributed by atoms with van der Waals surface area (Å²) in [7, 11) is -1.69. The Kier molecular flexibility index (Phi) is 9.51. The Labute approximate surface area is 181 Å². The third-order valence-electron chi connectivity index (χ3n) is 3.97. The van der Waals surface area contributed by atoms with Crippen LogP contribution in [0.15, 0.2) is 30.3 Å². The van der Waals surface area contributed by atoms with Gasteiger partial charge in [-0.15, -0.1) is 5.54 Å². The van der Waals surface area contributed by atoms with Gasteiger partial charge >= 0.3 is 6.09 Å². The lowest BCUT2D eigenvalue weighted by atomic mass is 10.0. The van der Waals surface area contributed by atoms with E-state index in [4.69, 9.17) is 4.74 Å². The zero-order chi connectivity index (χ0) is 22.2. The maximum atomic E-state index is 12.9. The first-order valence-corrected chi connectivity index (χ1v) is 14.4. The average Bonchev–Trinajstić information content (AvgIpc) is 2.58. The Bertz CT molecular complexity index is 741. The average molecular weight is 434 g/mol. The van der Waals surface area contributed by atoms with Crippen LogP contribution >= 0.6 is 11.8 Å². The van der Waals surface area contributed by atoms with Crippen LogP contribution in [0.1, 0.15) is 52.6 Å². The molecule has 0 spiro atoms. The number of benzene rings is 1. The van der Waals surface area contributed by atoms with Crippen molar-refractivity contribution >= 4 is 31.0 Å². The van der Waals surface area contributed by atoms with E-state index in [1.807, 2.05) is 65.0 Å². The third-order valence-corrected chi connectivity index (χ3v) is 5.98. The van der Waals surface area contributed by atoms with Gasteiger partial charge in [0.1, 0.15) is 8.07 Å². The molecule has 0 aromatic heterocycles. The molecule has 0 radical (unpaired) electrons. The Morgan fingerprint density at radius 2 is 1.76 bits per heavy atom. The first-order chi connectivity index (χ1) is 13.3. The summed E-state index contributed by atoms with van der Waals surface area (Å²) in [6.45, 7) is 16.2.